The number of nitrogens with zero attached hydrogens (tertiary/aromatic N) is 4. The van der Waals surface area contributed by atoms with Gasteiger partial charge in [0.2, 0.25) is 0 Å². The van der Waals surface area contributed by atoms with Crippen LogP contribution in [0.4, 0.5) is 11.5 Å². The predicted octanol–water partition coefficient (Wildman–Crippen LogP) is 1.55. The second-order valence-electron chi connectivity index (χ2n) is 5.87. The standard InChI is InChI=1S/C18H16BN5O2/c1-12-21-15-4-2-3-5-16(15)24(12)18-11-20-10-17(23-18)22-14-8-6-13(7-9-14)19(25)26/h2-11,25-26H,1H3,(H,22,23). The molecule has 0 saturated heterocycles. The summed E-state index contributed by atoms with van der Waals surface area (Å²) in [4.78, 5) is 13.5. The summed E-state index contributed by atoms with van der Waals surface area (Å²) in [6, 6.07) is 14.7. The highest BCUT2D eigenvalue weighted by molar-refractivity contribution is 6.58. The third-order valence-corrected chi connectivity index (χ3v) is 4.06. The molecule has 0 fully saturated rings. The molecule has 0 atom stereocenters. The Morgan fingerprint density at radius 2 is 1.73 bits per heavy atom. The summed E-state index contributed by atoms with van der Waals surface area (Å²) in [5.74, 6) is 2.08. The molecule has 0 spiro atoms. The number of benzene rings is 2. The number of imidazole rings is 1. The molecule has 0 amide bonds. The van der Waals surface area contributed by atoms with Gasteiger partial charge in [0.05, 0.1) is 23.4 Å². The largest absolute Gasteiger partial charge is 0.488 e. The van der Waals surface area contributed by atoms with E-state index >= 15 is 0 Å². The monoisotopic (exact) mass is 345 g/mol. The summed E-state index contributed by atoms with van der Waals surface area (Å²) in [5.41, 5.74) is 3.07. The fourth-order valence-electron chi connectivity index (χ4n) is 2.85. The Kier molecular flexibility index (Phi) is 4.12. The molecular formula is C18H16BN5O2. The van der Waals surface area contributed by atoms with Crippen molar-refractivity contribution >= 4 is 35.1 Å². The van der Waals surface area contributed by atoms with Gasteiger partial charge in [-0.05, 0) is 36.7 Å². The smallest absolute Gasteiger partial charge is 0.423 e. The molecule has 4 rings (SSSR count). The van der Waals surface area contributed by atoms with Crippen LogP contribution in [0.1, 0.15) is 5.82 Å². The molecule has 0 aliphatic carbocycles. The minimum Gasteiger partial charge on any atom is -0.423 e. The van der Waals surface area contributed by atoms with E-state index < -0.39 is 7.12 Å². The molecule has 2 aromatic carbocycles. The Balaban J connectivity index is 1.67. The quantitative estimate of drug-likeness (QED) is 0.486. The summed E-state index contributed by atoms with van der Waals surface area (Å²) in [6.45, 7) is 1.93. The first-order valence-corrected chi connectivity index (χ1v) is 8.11. The third kappa shape index (κ3) is 3.03. The first kappa shape index (κ1) is 16.3. The average Bonchev–Trinajstić information content (AvgIpc) is 2.98. The van der Waals surface area contributed by atoms with Crippen LogP contribution in [-0.4, -0.2) is 36.7 Å². The summed E-state index contributed by atoms with van der Waals surface area (Å²) < 4.78 is 1.96. The second-order valence-corrected chi connectivity index (χ2v) is 5.87. The normalized spacial score (nSPS) is 10.9. The van der Waals surface area contributed by atoms with E-state index in [-0.39, 0.29) is 0 Å². The molecule has 0 radical (unpaired) electrons. The van der Waals surface area contributed by atoms with Gasteiger partial charge in [-0.2, -0.15) is 0 Å². The maximum Gasteiger partial charge on any atom is 0.488 e. The lowest BCUT2D eigenvalue weighted by Crippen LogP contribution is -2.29. The van der Waals surface area contributed by atoms with Gasteiger partial charge in [-0.1, -0.05) is 24.3 Å². The summed E-state index contributed by atoms with van der Waals surface area (Å²) in [6.07, 6.45) is 3.32. The van der Waals surface area contributed by atoms with Gasteiger partial charge in [-0.25, -0.2) is 9.97 Å². The highest BCUT2D eigenvalue weighted by atomic mass is 16.4. The summed E-state index contributed by atoms with van der Waals surface area (Å²) in [5, 5.41) is 21.5. The van der Waals surface area contributed by atoms with Crippen molar-refractivity contribution in [3.05, 3.63) is 66.7 Å². The number of aryl methyl sites for hydroxylation is 1. The fourth-order valence-corrected chi connectivity index (χ4v) is 2.85. The molecule has 0 bridgehead atoms. The number of anilines is 2. The molecule has 8 heteroatoms. The lowest BCUT2D eigenvalue weighted by atomic mass is 9.80. The Morgan fingerprint density at radius 3 is 2.50 bits per heavy atom. The van der Waals surface area contributed by atoms with E-state index in [9.17, 15) is 0 Å². The Hall–Kier alpha value is -3.23. The number of aromatic nitrogens is 4. The van der Waals surface area contributed by atoms with E-state index in [0.717, 1.165) is 22.5 Å². The van der Waals surface area contributed by atoms with Gasteiger partial charge >= 0.3 is 7.12 Å². The second kappa shape index (κ2) is 6.59. The number of hydrogen-bond acceptors (Lipinski definition) is 6. The Bertz CT molecular complexity index is 1060. The summed E-state index contributed by atoms with van der Waals surface area (Å²) in [7, 11) is -1.48. The molecule has 0 aliphatic heterocycles. The number of para-hydroxylation sites is 2. The van der Waals surface area contributed by atoms with Crippen LogP contribution in [0.25, 0.3) is 16.9 Å². The van der Waals surface area contributed by atoms with Gasteiger partial charge in [0.25, 0.3) is 0 Å². The van der Waals surface area contributed by atoms with Crippen molar-refractivity contribution in [2.75, 3.05) is 5.32 Å². The van der Waals surface area contributed by atoms with Crippen molar-refractivity contribution in [2.24, 2.45) is 0 Å². The SMILES string of the molecule is Cc1nc2ccccc2n1-c1cncc(Nc2ccc(B(O)O)cc2)n1. The molecule has 2 aromatic heterocycles. The lowest BCUT2D eigenvalue weighted by molar-refractivity contribution is 0.426. The lowest BCUT2D eigenvalue weighted by Gasteiger charge is -2.10. The number of nitrogens with one attached hydrogen (secondary N) is 1. The first-order chi connectivity index (χ1) is 12.6. The molecule has 0 saturated carbocycles. The third-order valence-electron chi connectivity index (χ3n) is 4.06. The van der Waals surface area contributed by atoms with E-state index in [0.29, 0.717) is 17.1 Å². The topological polar surface area (TPSA) is 96.1 Å². The van der Waals surface area contributed by atoms with Crippen LogP contribution in [0.15, 0.2) is 60.9 Å². The van der Waals surface area contributed by atoms with Crippen LogP contribution in [-0.2, 0) is 0 Å². The average molecular weight is 345 g/mol. The van der Waals surface area contributed by atoms with Gasteiger partial charge in [0.1, 0.15) is 5.82 Å². The zero-order valence-corrected chi connectivity index (χ0v) is 14.0. The van der Waals surface area contributed by atoms with E-state index in [1.807, 2.05) is 35.8 Å². The van der Waals surface area contributed by atoms with E-state index in [1.54, 1.807) is 36.7 Å². The van der Waals surface area contributed by atoms with Gasteiger partial charge in [0.15, 0.2) is 11.6 Å². The first-order valence-electron chi connectivity index (χ1n) is 8.11. The van der Waals surface area contributed by atoms with Gasteiger partial charge in [-0.3, -0.25) is 9.55 Å². The summed E-state index contributed by atoms with van der Waals surface area (Å²) >= 11 is 0. The molecule has 0 aliphatic rings. The molecule has 26 heavy (non-hydrogen) atoms. The predicted molar refractivity (Wildman–Crippen MR) is 101 cm³/mol. The van der Waals surface area contributed by atoms with E-state index in [1.165, 1.54) is 0 Å². The zero-order chi connectivity index (χ0) is 18.1. The van der Waals surface area contributed by atoms with Crippen LogP contribution in [0.2, 0.25) is 0 Å². The van der Waals surface area contributed by atoms with Gasteiger partial charge < -0.3 is 15.4 Å². The number of fused-ring (bicyclic) bond motifs is 1. The van der Waals surface area contributed by atoms with Crippen molar-refractivity contribution in [3.63, 3.8) is 0 Å². The molecular weight excluding hydrogens is 329 g/mol. The van der Waals surface area contributed by atoms with Gasteiger partial charge in [0, 0.05) is 5.69 Å². The van der Waals surface area contributed by atoms with E-state index in [2.05, 4.69) is 20.3 Å². The van der Waals surface area contributed by atoms with Crippen LogP contribution < -0.4 is 10.8 Å². The maximum atomic E-state index is 9.16. The molecule has 2 heterocycles. The van der Waals surface area contributed by atoms with Crippen LogP contribution >= 0.6 is 0 Å². The van der Waals surface area contributed by atoms with Crippen molar-refractivity contribution in [1.29, 1.82) is 0 Å². The van der Waals surface area contributed by atoms with Crippen LogP contribution in [0.3, 0.4) is 0 Å². The number of hydrogen-bond donors (Lipinski definition) is 3. The Labute approximate surface area is 150 Å². The molecule has 3 N–H and O–H groups in total. The molecule has 128 valence electrons. The van der Waals surface area contributed by atoms with Gasteiger partial charge in [-0.15, -0.1) is 0 Å². The Morgan fingerprint density at radius 1 is 0.962 bits per heavy atom. The maximum absolute atomic E-state index is 9.16. The highest BCUT2D eigenvalue weighted by Crippen LogP contribution is 2.21. The van der Waals surface area contributed by atoms with Crippen LogP contribution in [0, 0.1) is 6.92 Å². The van der Waals surface area contributed by atoms with Crippen LogP contribution in [0.5, 0.6) is 0 Å². The zero-order valence-electron chi connectivity index (χ0n) is 14.0. The minimum atomic E-state index is -1.48. The van der Waals surface area contributed by atoms with Crippen molar-refractivity contribution in [2.45, 2.75) is 6.92 Å². The fraction of sp³-hybridized carbons (Fsp3) is 0.0556. The van der Waals surface area contributed by atoms with Crippen molar-refractivity contribution in [1.82, 2.24) is 19.5 Å². The van der Waals surface area contributed by atoms with Crippen molar-refractivity contribution in [3.8, 4) is 5.82 Å². The molecule has 0 unspecified atom stereocenters. The molecule has 4 aromatic rings. The van der Waals surface area contributed by atoms with Crippen molar-refractivity contribution < 1.29 is 10.0 Å². The van der Waals surface area contributed by atoms with E-state index in [4.69, 9.17) is 10.0 Å². The highest BCUT2D eigenvalue weighted by Gasteiger charge is 2.12. The molecule has 7 nitrogen and oxygen atoms in total. The number of rotatable bonds is 4. The minimum absolute atomic E-state index is 0.427.